The summed E-state index contributed by atoms with van der Waals surface area (Å²) in [5.41, 5.74) is 8.74. The van der Waals surface area contributed by atoms with E-state index in [1.165, 1.54) is 12.1 Å². The van der Waals surface area contributed by atoms with E-state index in [-0.39, 0.29) is 11.6 Å². The van der Waals surface area contributed by atoms with Crippen molar-refractivity contribution in [3.63, 3.8) is 0 Å². The Bertz CT molecular complexity index is 880. The molecular weight excluding hydrogens is 281 g/mol. The van der Waals surface area contributed by atoms with Crippen LogP contribution in [0.5, 0.6) is 0 Å². The van der Waals surface area contributed by atoms with Crippen LogP contribution in [0.15, 0.2) is 40.8 Å². The number of furan rings is 1. The van der Waals surface area contributed by atoms with Gasteiger partial charge in [0.1, 0.15) is 17.2 Å². The fourth-order valence-corrected chi connectivity index (χ4v) is 2.58. The monoisotopic (exact) mass is 297 g/mol. The Kier molecular flexibility index (Phi) is 3.45. The summed E-state index contributed by atoms with van der Waals surface area (Å²) in [5.74, 6) is 0.0524. The molecule has 0 aliphatic rings. The maximum absolute atomic E-state index is 13.3. The number of aryl methyl sites for hydroxylation is 2. The molecule has 2 N–H and O–H groups in total. The van der Waals surface area contributed by atoms with Gasteiger partial charge in [-0.3, -0.25) is 4.79 Å². The molecule has 2 aromatic carbocycles. The van der Waals surface area contributed by atoms with Gasteiger partial charge in [-0.1, -0.05) is 6.92 Å². The number of hydrogen-bond donors (Lipinski definition) is 1. The van der Waals surface area contributed by atoms with Gasteiger partial charge in [-0.2, -0.15) is 0 Å². The summed E-state index contributed by atoms with van der Waals surface area (Å²) in [6, 6.07) is 9.41. The zero-order chi connectivity index (χ0) is 15.9. The van der Waals surface area contributed by atoms with Gasteiger partial charge in [-0.15, -0.1) is 0 Å². The van der Waals surface area contributed by atoms with Gasteiger partial charge >= 0.3 is 0 Å². The van der Waals surface area contributed by atoms with E-state index >= 15 is 0 Å². The summed E-state index contributed by atoms with van der Waals surface area (Å²) in [7, 11) is 0. The van der Waals surface area contributed by atoms with Gasteiger partial charge in [-0.25, -0.2) is 4.39 Å². The number of anilines is 1. The number of fused-ring (bicyclic) bond motifs is 1. The van der Waals surface area contributed by atoms with Crippen molar-refractivity contribution in [1.82, 2.24) is 0 Å². The first-order chi connectivity index (χ1) is 10.5. The molecule has 0 fully saturated rings. The Hall–Kier alpha value is -2.62. The maximum atomic E-state index is 13.3. The van der Waals surface area contributed by atoms with Gasteiger partial charge in [0.15, 0.2) is 5.78 Å². The molecule has 22 heavy (non-hydrogen) atoms. The molecule has 0 saturated carbocycles. The van der Waals surface area contributed by atoms with E-state index in [1.54, 1.807) is 24.3 Å². The van der Waals surface area contributed by atoms with E-state index in [4.69, 9.17) is 10.2 Å². The quantitative estimate of drug-likeness (QED) is 0.580. The summed E-state index contributed by atoms with van der Waals surface area (Å²) in [5, 5.41) is 0.637. The highest BCUT2D eigenvalue weighted by molar-refractivity contribution is 6.17. The lowest BCUT2D eigenvalue weighted by Gasteiger charge is -2.05. The van der Waals surface area contributed by atoms with E-state index in [1.807, 2.05) is 13.8 Å². The van der Waals surface area contributed by atoms with Crippen LogP contribution in [0.1, 0.15) is 34.2 Å². The lowest BCUT2D eigenvalue weighted by atomic mass is 9.98. The molecule has 112 valence electrons. The topological polar surface area (TPSA) is 56.2 Å². The normalized spacial score (nSPS) is 11.0. The minimum absolute atomic E-state index is 0.134. The molecule has 0 aliphatic heterocycles. The fraction of sp³-hybridized carbons (Fsp3) is 0.167. The molecule has 3 nitrogen and oxygen atoms in total. The third kappa shape index (κ3) is 2.26. The first kappa shape index (κ1) is 14.3. The molecule has 0 radical (unpaired) electrons. The van der Waals surface area contributed by atoms with Gasteiger partial charge in [0.25, 0.3) is 0 Å². The van der Waals surface area contributed by atoms with E-state index < -0.39 is 0 Å². The second-order valence-electron chi connectivity index (χ2n) is 5.29. The lowest BCUT2D eigenvalue weighted by Crippen LogP contribution is -2.04. The van der Waals surface area contributed by atoms with Crippen molar-refractivity contribution < 1.29 is 13.6 Å². The van der Waals surface area contributed by atoms with Gasteiger partial charge in [0.2, 0.25) is 0 Å². The van der Waals surface area contributed by atoms with Crippen molar-refractivity contribution in [2.45, 2.75) is 20.3 Å². The molecule has 1 aromatic heterocycles. The molecule has 3 aromatic rings. The highest BCUT2D eigenvalue weighted by Crippen LogP contribution is 2.29. The van der Waals surface area contributed by atoms with Crippen molar-refractivity contribution in [2.75, 3.05) is 5.73 Å². The molecule has 0 spiro atoms. The number of carbonyl (C=O) groups excluding carboxylic acids is 1. The lowest BCUT2D eigenvalue weighted by molar-refractivity contribution is 0.103. The summed E-state index contributed by atoms with van der Waals surface area (Å²) >= 11 is 0. The molecule has 0 atom stereocenters. The van der Waals surface area contributed by atoms with Crippen LogP contribution in [-0.4, -0.2) is 5.78 Å². The van der Waals surface area contributed by atoms with Gasteiger partial charge in [-0.05, 0) is 42.8 Å². The number of hydrogen-bond acceptors (Lipinski definition) is 3. The largest absolute Gasteiger partial charge is 0.460 e. The number of nitrogens with two attached hydrogens (primary N) is 1. The highest BCUT2D eigenvalue weighted by Gasteiger charge is 2.21. The standard InChI is InChI=1S/C18H16FNO2/c1-3-15-17(13-6-5-12(19)9-16(13)22-15)18(21)11-4-7-14(20)10(2)8-11/h4-9H,3,20H2,1-2H3. The molecule has 4 heteroatoms. The SMILES string of the molecule is CCc1oc2cc(F)ccc2c1C(=O)c1ccc(N)c(C)c1. The van der Waals surface area contributed by atoms with Crippen LogP contribution in [0.4, 0.5) is 10.1 Å². The number of halogens is 1. The van der Waals surface area contributed by atoms with Crippen LogP contribution >= 0.6 is 0 Å². The van der Waals surface area contributed by atoms with Crippen LogP contribution in [0.2, 0.25) is 0 Å². The molecule has 1 heterocycles. The van der Waals surface area contributed by atoms with Crippen LogP contribution in [0.3, 0.4) is 0 Å². The Morgan fingerprint density at radius 1 is 1.23 bits per heavy atom. The summed E-state index contributed by atoms with van der Waals surface area (Å²) in [6.45, 7) is 3.76. The second-order valence-corrected chi connectivity index (χ2v) is 5.29. The molecule has 3 rings (SSSR count). The second kappa shape index (κ2) is 5.30. The maximum Gasteiger partial charge on any atom is 0.197 e. The van der Waals surface area contributed by atoms with Gasteiger partial charge < -0.3 is 10.2 Å². The molecule has 0 bridgehead atoms. The average molecular weight is 297 g/mol. The Labute approximate surface area is 127 Å². The van der Waals surface area contributed by atoms with Gasteiger partial charge in [0, 0.05) is 29.1 Å². The smallest absolute Gasteiger partial charge is 0.197 e. The van der Waals surface area contributed by atoms with Crippen molar-refractivity contribution in [2.24, 2.45) is 0 Å². The average Bonchev–Trinajstić information content (AvgIpc) is 2.86. The predicted octanol–water partition coefficient (Wildman–Crippen LogP) is 4.26. The number of nitrogen functional groups attached to an aromatic ring is 1. The Morgan fingerprint density at radius 2 is 2.00 bits per heavy atom. The van der Waals surface area contributed by atoms with E-state index in [0.717, 1.165) is 5.56 Å². The van der Waals surface area contributed by atoms with E-state index in [2.05, 4.69) is 0 Å². The van der Waals surface area contributed by atoms with Crippen molar-refractivity contribution >= 4 is 22.4 Å². The molecular formula is C18H16FNO2. The minimum atomic E-state index is -0.383. The van der Waals surface area contributed by atoms with Crippen molar-refractivity contribution in [1.29, 1.82) is 0 Å². The number of benzene rings is 2. The summed E-state index contributed by atoms with van der Waals surface area (Å²) in [6.07, 6.45) is 0.561. The van der Waals surface area contributed by atoms with E-state index in [9.17, 15) is 9.18 Å². The van der Waals surface area contributed by atoms with Gasteiger partial charge in [0.05, 0.1) is 5.56 Å². The van der Waals surface area contributed by atoms with Crippen LogP contribution < -0.4 is 5.73 Å². The first-order valence-corrected chi connectivity index (χ1v) is 7.13. The predicted molar refractivity (Wildman–Crippen MR) is 84.6 cm³/mol. The highest BCUT2D eigenvalue weighted by atomic mass is 19.1. The third-order valence-electron chi connectivity index (χ3n) is 3.81. The third-order valence-corrected chi connectivity index (χ3v) is 3.81. The molecule has 0 unspecified atom stereocenters. The molecule has 0 amide bonds. The summed E-state index contributed by atoms with van der Waals surface area (Å²) < 4.78 is 19.0. The zero-order valence-electron chi connectivity index (χ0n) is 12.4. The molecule has 0 saturated heterocycles. The fourth-order valence-electron chi connectivity index (χ4n) is 2.58. The first-order valence-electron chi connectivity index (χ1n) is 7.13. The number of ketones is 1. The molecule has 0 aliphatic carbocycles. The summed E-state index contributed by atoms with van der Waals surface area (Å²) in [4.78, 5) is 12.9. The Morgan fingerprint density at radius 3 is 2.68 bits per heavy atom. The van der Waals surface area contributed by atoms with Crippen LogP contribution in [0, 0.1) is 12.7 Å². The van der Waals surface area contributed by atoms with Crippen molar-refractivity contribution in [3.8, 4) is 0 Å². The number of carbonyl (C=O) groups is 1. The van der Waals surface area contributed by atoms with E-state index in [0.29, 0.717) is 40.0 Å². The van der Waals surface area contributed by atoms with Crippen molar-refractivity contribution in [3.05, 3.63) is 64.7 Å². The number of rotatable bonds is 3. The van der Waals surface area contributed by atoms with Crippen LogP contribution in [0.25, 0.3) is 11.0 Å². The van der Waals surface area contributed by atoms with Crippen LogP contribution in [-0.2, 0) is 6.42 Å². The zero-order valence-corrected chi connectivity index (χ0v) is 12.4. The Balaban J connectivity index is 2.19. The minimum Gasteiger partial charge on any atom is -0.460 e.